The van der Waals surface area contributed by atoms with Gasteiger partial charge in [0.05, 0.1) is 0 Å². The van der Waals surface area contributed by atoms with Gasteiger partial charge in [-0.25, -0.2) is 0 Å². The molecule has 1 aliphatic rings. The first kappa shape index (κ1) is 14.9. The summed E-state index contributed by atoms with van der Waals surface area (Å²) in [7, 11) is 2.21. The normalized spacial score (nSPS) is 20.1. The SMILES string of the molecule is CC(C)CCNCC(C)(C)N1CCN(C)CC1. The van der Waals surface area contributed by atoms with Crippen LogP contribution in [0, 0.1) is 5.92 Å². The van der Waals surface area contributed by atoms with Crippen molar-refractivity contribution < 1.29 is 0 Å². The summed E-state index contributed by atoms with van der Waals surface area (Å²) in [4.78, 5) is 5.04. The van der Waals surface area contributed by atoms with Gasteiger partial charge in [-0.05, 0) is 39.8 Å². The molecule has 1 heterocycles. The van der Waals surface area contributed by atoms with Gasteiger partial charge in [0.1, 0.15) is 0 Å². The van der Waals surface area contributed by atoms with E-state index >= 15 is 0 Å². The molecule has 0 aromatic rings. The summed E-state index contributed by atoms with van der Waals surface area (Å²) in [5, 5.41) is 3.61. The van der Waals surface area contributed by atoms with Gasteiger partial charge in [0.25, 0.3) is 0 Å². The summed E-state index contributed by atoms with van der Waals surface area (Å²) in [5.74, 6) is 0.800. The van der Waals surface area contributed by atoms with Crippen LogP contribution in [0.2, 0.25) is 0 Å². The minimum absolute atomic E-state index is 0.290. The average molecular weight is 241 g/mol. The van der Waals surface area contributed by atoms with Crippen molar-refractivity contribution in [2.75, 3.05) is 46.3 Å². The third-order valence-electron chi connectivity index (χ3n) is 3.82. The van der Waals surface area contributed by atoms with E-state index in [-0.39, 0.29) is 5.54 Å². The fraction of sp³-hybridized carbons (Fsp3) is 1.00. The first-order chi connectivity index (χ1) is 7.92. The summed E-state index contributed by atoms with van der Waals surface area (Å²) in [6, 6.07) is 0. The fourth-order valence-corrected chi connectivity index (χ4v) is 2.31. The summed E-state index contributed by atoms with van der Waals surface area (Å²) >= 11 is 0. The van der Waals surface area contributed by atoms with Gasteiger partial charge in [-0.15, -0.1) is 0 Å². The zero-order chi connectivity index (χ0) is 12.9. The maximum absolute atomic E-state index is 3.61. The van der Waals surface area contributed by atoms with Crippen LogP contribution in [0.3, 0.4) is 0 Å². The van der Waals surface area contributed by atoms with Gasteiger partial charge in [-0.2, -0.15) is 0 Å². The molecule has 0 radical (unpaired) electrons. The second-order valence-corrected chi connectivity index (χ2v) is 6.46. The van der Waals surface area contributed by atoms with Crippen molar-refractivity contribution in [1.82, 2.24) is 15.1 Å². The minimum atomic E-state index is 0.290. The second-order valence-electron chi connectivity index (χ2n) is 6.46. The molecule has 0 atom stereocenters. The van der Waals surface area contributed by atoms with Crippen molar-refractivity contribution in [3.8, 4) is 0 Å². The molecule has 3 heteroatoms. The first-order valence-corrected chi connectivity index (χ1v) is 7.06. The molecule has 0 aliphatic carbocycles. The predicted molar refractivity (Wildman–Crippen MR) is 75.5 cm³/mol. The molecule has 1 aliphatic heterocycles. The van der Waals surface area contributed by atoms with E-state index in [1.807, 2.05) is 0 Å². The highest BCUT2D eigenvalue weighted by molar-refractivity contribution is 4.86. The second kappa shape index (κ2) is 6.72. The van der Waals surface area contributed by atoms with Crippen LogP contribution in [0.25, 0.3) is 0 Å². The highest BCUT2D eigenvalue weighted by atomic mass is 15.3. The number of nitrogens with zero attached hydrogens (tertiary/aromatic N) is 2. The van der Waals surface area contributed by atoms with Gasteiger partial charge in [0, 0.05) is 38.3 Å². The maximum Gasteiger partial charge on any atom is 0.0278 e. The third-order valence-corrected chi connectivity index (χ3v) is 3.82. The molecule has 1 saturated heterocycles. The first-order valence-electron chi connectivity index (χ1n) is 7.06. The summed E-state index contributed by atoms with van der Waals surface area (Å²) in [6.07, 6.45) is 1.28. The Kier molecular flexibility index (Phi) is 5.90. The van der Waals surface area contributed by atoms with E-state index in [1.54, 1.807) is 0 Å². The zero-order valence-corrected chi connectivity index (χ0v) is 12.4. The highest BCUT2D eigenvalue weighted by Crippen LogP contribution is 2.15. The van der Waals surface area contributed by atoms with Crippen LogP contribution in [0.5, 0.6) is 0 Å². The Bertz CT molecular complexity index is 206. The Labute approximate surface area is 108 Å². The summed E-state index contributed by atoms with van der Waals surface area (Å²) < 4.78 is 0. The van der Waals surface area contributed by atoms with Gasteiger partial charge >= 0.3 is 0 Å². The van der Waals surface area contributed by atoms with Gasteiger partial charge < -0.3 is 10.2 Å². The molecule has 0 spiro atoms. The molecule has 1 fully saturated rings. The summed E-state index contributed by atoms with van der Waals surface area (Å²) in [5.41, 5.74) is 0.290. The van der Waals surface area contributed by atoms with Crippen molar-refractivity contribution in [1.29, 1.82) is 0 Å². The fourth-order valence-electron chi connectivity index (χ4n) is 2.31. The van der Waals surface area contributed by atoms with E-state index < -0.39 is 0 Å². The lowest BCUT2D eigenvalue weighted by Crippen LogP contribution is -2.57. The van der Waals surface area contributed by atoms with Gasteiger partial charge in [-0.3, -0.25) is 4.90 Å². The molecule has 0 unspecified atom stereocenters. The van der Waals surface area contributed by atoms with E-state index in [0.29, 0.717) is 0 Å². The van der Waals surface area contributed by atoms with E-state index in [2.05, 4.69) is 49.9 Å². The Hall–Kier alpha value is -0.120. The molecule has 0 aromatic carbocycles. The highest BCUT2D eigenvalue weighted by Gasteiger charge is 2.28. The number of hydrogen-bond acceptors (Lipinski definition) is 3. The average Bonchev–Trinajstić information content (AvgIpc) is 2.25. The van der Waals surface area contributed by atoms with Gasteiger partial charge in [0.2, 0.25) is 0 Å². The third kappa shape index (κ3) is 5.36. The molecule has 0 amide bonds. The van der Waals surface area contributed by atoms with Crippen LogP contribution >= 0.6 is 0 Å². The topological polar surface area (TPSA) is 18.5 Å². The summed E-state index contributed by atoms with van der Waals surface area (Å²) in [6.45, 7) is 16.4. The van der Waals surface area contributed by atoms with Crippen molar-refractivity contribution >= 4 is 0 Å². The lowest BCUT2D eigenvalue weighted by molar-refractivity contribution is 0.0619. The van der Waals surface area contributed by atoms with Crippen molar-refractivity contribution in [2.45, 2.75) is 39.7 Å². The zero-order valence-electron chi connectivity index (χ0n) is 12.4. The van der Waals surface area contributed by atoms with Crippen LogP contribution in [0.1, 0.15) is 34.1 Å². The number of piperazine rings is 1. The molecule has 102 valence electrons. The molecule has 17 heavy (non-hydrogen) atoms. The molecule has 0 saturated carbocycles. The largest absolute Gasteiger partial charge is 0.315 e. The molecular weight excluding hydrogens is 210 g/mol. The van der Waals surface area contributed by atoms with Crippen LogP contribution < -0.4 is 5.32 Å². The van der Waals surface area contributed by atoms with Crippen LogP contribution in [0.15, 0.2) is 0 Å². The molecule has 0 bridgehead atoms. The Morgan fingerprint density at radius 2 is 1.71 bits per heavy atom. The molecule has 1 rings (SSSR count). The van der Waals surface area contributed by atoms with Gasteiger partial charge in [-0.1, -0.05) is 13.8 Å². The molecule has 1 N–H and O–H groups in total. The quantitative estimate of drug-likeness (QED) is 0.713. The van der Waals surface area contributed by atoms with Crippen LogP contribution in [0.4, 0.5) is 0 Å². The van der Waals surface area contributed by atoms with Crippen molar-refractivity contribution in [3.63, 3.8) is 0 Å². The minimum Gasteiger partial charge on any atom is -0.315 e. The number of hydrogen-bond donors (Lipinski definition) is 1. The van der Waals surface area contributed by atoms with Gasteiger partial charge in [0.15, 0.2) is 0 Å². The monoisotopic (exact) mass is 241 g/mol. The van der Waals surface area contributed by atoms with E-state index in [9.17, 15) is 0 Å². The lowest BCUT2D eigenvalue weighted by atomic mass is 10.0. The van der Waals surface area contributed by atoms with Crippen molar-refractivity contribution in [2.24, 2.45) is 5.92 Å². The molecule has 3 nitrogen and oxygen atoms in total. The van der Waals surface area contributed by atoms with E-state index in [0.717, 1.165) is 19.0 Å². The van der Waals surface area contributed by atoms with E-state index in [1.165, 1.54) is 32.6 Å². The molecule has 0 aromatic heterocycles. The lowest BCUT2D eigenvalue weighted by Gasteiger charge is -2.43. The Balaban J connectivity index is 2.25. The predicted octanol–water partition coefficient (Wildman–Crippen LogP) is 1.65. The van der Waals surface area contributed by atoms with Crippen molar-refractivity contribution in [3.05, 3.63) is 0 Å². The van der Waals surface area contributed by atoms with Crippen LogP contribution in [-0.2, 0) is 0 Å². The van der Waals surface area contributed by atoms with E-state index in [4.69, 9.17) is 0 Å². The number of likely N-dealkylation sites (N-methyl/N-ethyl adjacent to an activating group) is 1. The molecular formula is C14H31N3. The number of rotatable bonds is 6. The smallest absolute Gasteiger partial charge is 0.0278 e. The standard InChI is InChI=1S/C14H31N3/c1-13(2)6-7-15-12-14(3,4)17-10-8-16(5)9-11-17/h13,15H,6-12H2,1-5H3. The number of nitrogens with one attached hydrogen (secondary N) is 1. The maximum atomic E-state index is 3.61. The Morgan fingerprint density at radius 3 is 2.24 bits per heavy atom. The Morgan fingerprint density at radius 1 is 1.12 bits per heavy atom. The van der Waals surface area contributed by atoms with Crippen LogP contribution in [-0.4, -0.2) is 61.7 Å².